The van der Waals surface area contributed by atoms with Gasteiger partial charge in [0.2, 0.25) is 0 Å². The summed E-state index contributed by atoms with van der Waals surface area (Å²) in [6.45, 7) is 4.60. The fourth-order valence-electron chi connectivity index (χ4n) is 6.58. The van der Waals surface area contributed by atoms with Crippen LogP contribution in [-0.2, 0) is 28.6 Å². The molecule has 55 heavy (non-hydrogen) atoms. The van der Waals surface area contributed by atoms with E-state index < -0.39 is 18.1 Å². The molecule has 0 radical (unpaired) electrons. The van der Waals surface area contributed by atoms with E-state index in [0.717, 1.165) is 57.8 Å². The van der Waals surface area contributed by atoms with Crippen molar-refractivity contribution in [1.29, 1.82) is 0 Å². The van der Waals surface area contributed by atoms with Crippen LogP contribution in [0.5, 0.6) is 0 Å². The van der Waals surface area contributed by atoms with E-state index in [1.807, 2.05) is 21.1 Å². The highest BCUT2D eigenvalue weighted by Crippen LogP contribution is 2.15. The van der Waals surface area contributed by atoms with E-state index in [4.69, 9.17) is 14.2 Å². The number of aliphatic carboxylic acids is 1. The zero-order valence-corrected chi connectivity index (χ0v) is 36.4. The normalized spacial score (nSPS) is 13.3. The quantitative estimate of drug-likeness (QED) is 0.0286. The molecule has 0 aliphatic heterocycles. The highest BCUT2D eigenvalue weighted by molar-refractivity contribution is 5.72. The van der Waals surface area contributed by atoms with Gasteiger partial charge in [0, 0.05) is 19.3 Å². The molecule has 8 nitrogen and oxygen atoms in total. The predicted molar refractivity (Wildman–Crippen MR) is 229 cm³/mol. The lowest BCUT2D eigenvalue weighted by Crippen LogP contribution is -2.50. The molecule has 2 unspecified atom stereocenters. The number of ether oxygens (including phenoxy) is 3. The number of carboxylic acids is 1. The lowest BCUT2D eigenvalue weighted by atomic mass is 10.0. The third-order valence-electron chi connectivity index (χ3n) is 10.1. The monoisotopic (exact) mass is 777 g/mol. The van der Waals surface area contributed by atoms with E-state index >= 15 is 0 Å². The lowest BCUT2D eigenvalue weighted by Gasteiger charge is -2.31. The second-order valence-corrected chi connectivity index (χ2v) is 16.3. The highest BCUT2D eigenvalue weighted by Gasteiger charge is 2.31. The minimum Gasteiger partial charge on any atom is -0.477 e. The number of esters is 2. The lowest BCUT2D eigenvalue weighted by molar-refractivity contribution is -0.887. The number of carbonyl (C=O) groups is 3. The topological polar surface area (TPSA) is 99.1 Å². The maximum atomic E-state index is 12.7. The molecule has 0 bridgehead atoms. The minimum atomic E-state index is -0.875. The fourth-order valence-corrected chi connectivity index (χ4v) is 6.58. The largest absolute Gasteiger partial charge is 0.477 e. The number of nitrogens with zero attached hydrogens (tertiary/aromatic N) is 1. The average Bonchev–Trinajstić information content (AvgIpc) is 3.14. The van der Waals surface area contributed by atoms with Crippen LogP contribution in [0.15, 0.2) is 36.5 Å². The van der Waals surface area contributed by atoms with Crippen LogP contribution < -0.4 is 0 Å². The Hall–Kier alpha value is -2.45. The molecule has 8 heteroatoms. The Morgan fingerprint density at radius 1 is 0.564 bits per heavy atom. The number of allylic oxidation sites excluding steroid dienone is 6. The van der Waals surface area contributed by atoms with Gasteiger partial charge in [-0.1, -0.05) is 166 Å². The first kappa shape index (κ1) is 52.6. The van der Waals surface area contributed by atoms with Crippen LogP contribution in [0.1, 0.15) is 194 Å². The van der Waals surface area contributed by atoms with Crippen molar-refractivity contribution < 1.29 is 38.2 Å². The standard InChI is InChI=1S/C47H85NO7/c1-6-8-10-12-14-16-17-18-19-20-21-22-23-24-25-26-27-28-29-30-32-34-36-38-46(50)55-43(41-53-40-39-44(47(51)52)48(3,4)5)42-54-45(49)37-35-33-31-15-13-11-9-7-2/h8,10,14,16,18-19,43-44H,6-7,9,11-13,15,17,20-42H2,1-5H3/p+1/b10-8+,16-14+,19-18+. The first-order chi connectivity index (χ1) is 26.6. The Balaban J connectivity index is 4.15. The first-order valence-electron chi connectivity index (χ1n) is 22.5. The molecule has 0 aromatic rings. The number of hydrogen-bond acceptors (Lipinski definition) is 6. The molecule has 0 amide bonds. The van der Waals surface area contributed by atoms with Gasteiger partial charge in [0.05, 0.1) is 34.4 Å². The SMILES string of the molecule is CC/C=C/C/C=C/C/C=C/CCCCCCCCCCCCCCCC(=O)OC(COCCC(C(=O)O)[N+](C)(C)C)COC(=O)CCCCCCCCCC. The Kier molecular flexibility index (Phi) is 36.7. The predicted octanol–water partition coefficient (Wildman–Crippen LogP) is 12.2. The number of rotatable bonds is 40. The molecule has 0 rings (SSSR count). The minimum absolute atomic E-state index is 0.0486. The van der Waals surface area contributed by atoms with Gasteiger partial charge < -0.3 is 23.8 Å². The van der Waals surface area contributed by atoms with Gasteiger partial charge in [-0.05, 0) is 44.9 Å². The van der Waals surface area contributed by atoms with Crippen LogP contribution in [-0.4, -0.2) is 80.6 Å². The molecule has 0 heterocycles. The van der Waals surface area contributed by atoms with Crippen LogP contribution >= 0.6 is 0 Å². The smallest absolute Gasteiger partial charge is 0.362 e. The molecule has 320 valence electrons. The first-order valence-corrected chi connectivity index (χ1v) is 22.5. The van der Waals surface area contributed by atoms with Gasteiger partial charge in [0.1, 0.15) is 6.61 Å². The van der Waals surface area contributed by atoms with Crippen LogP contribution in [0, 0.1) is 0 Å². The van der Waals surface area contributed by atoms with Gasteiger partial charge in [0.15, 0.2) is 12.1 Å². The summed E-state index contributed by atoms with van der Waals surface area (Å²) < 4.78 is 17.2. The number of carbonyl (C=O) groups excluding carboxylic acids is 2. The van der Waals surface area contributed by atoms with Gasteiger partial charge in [-0.15, -0.1) is 0 Å². The fraction of sp³-hybridized carbons (Fsp3) is 0.809. The third-order valence-corrected chi connectivity index (χ3v) is 10.1. The molecule has 1 N–H and O–H groups in total. The maximum Gasteiger partial charge on any atom is 0.362 e. The molecule has 0 saturated carbocycles. The summed E-state index contributed by atoms with van der Waals surface area (Å²) in [5.74, 6) is -1.47. The number of unbranched alkanes of at least 4 members (excludes halogenated alkanes) is 20. The van der Waals surface area contributed by atoms with Crippen molar-refractivity contribution in [3.8, 4) is 0 Å². The summed E-state index contributed by atoms with van der Waals surface area (Å²) in [6.07, 6.45) is 43.4. The molecule has 0 aromatic heterocycles. The highest BCUT2D eigenvalue weighted by atomic mass is 16.6. The van der Waals surface area contributed by atoms with Crippen molar-refractivity contribution in [3.63, 3.8) is 0 Å². The molecule has 2 atom stereocenters. The van der Waals surface area contributed by atoms with Gasteiger partial charge in [-0.2, -0.15) is 0 Å². The van der Waals surface area contributed by atoms with Crippen molar-refractivity contribution in [2.24, 2.45) is 0 Å². The van der Waals surface area contributed by atoms with Crippen LogP contribution in [0.3, 0.4) is 0 Å². The van der Waals surface area contributed by atoms with E-state index in [2.05, 4.69) is 50.3 Å². The number of hydrogen-bond donors (Lipinski definition) is 1. The molecular weight excluding hydrogens is 691 g/mol. The van der Waals surface area contributed by atoms with Gasteiger partial charge in [0.25, 0.3) is 0 Å². The molecule has 0 fully saturated rings. The van der Waals surface area contributed by atoms with Gasteiger partial charge in [-0.3, -0.25) is 9.59 Å². The van der Waals surface area contributed by atoms with E-state index in [-0.39, 0.29) is 36.2 Å². The second kappa shape index (κ2) is 38.4. The number of likely N-dealkylation sites (N-methyl/N-ethyl adjacent to an activating group) is 1. The average molecular weight is 777 g/mol. The van der Waals surface area contributed by atoms with Crippen molar-refractivity contribution in [2.75, 3.05) is 41.0 Å². The molecule has 0 spiro atoms. The molecule has 0 aliphatic rings. The van der Waals surface area contributed by atoms with E-state index in [9.17, 15) is 19.5 Å². The van der Waals surface area contributed by atoms with E-state index in [1.54, 1.807) is 0 Å². The van der Waals surface area contributed by atoms with Crippen LogP contribution in [0.4, 0.5) is 0 Å². The summed E-state index contributed by atoms with van der Waals surface area (Å²) in [7, 11) is 5.52. The summed E-state index contributed by atoms with van der Waals surface area (Å²) >= 11 is 0. The van der Waals surface area contributed by atoms with E-state index in [0.29, 0.717) is 19.3 Å². The second-order valence-electron chi connectivity index (χ2n) is 16.3. The van der Waals surface area contributed by atoms with Crippen molar-refractivity contribution in [1.82, 2.24) is 0 Å². The van der Waals surface area contributed by atoms with Crippen molar-refractivity contribution in [2.45, 2.75) is 206 Å². The molecule has 0 saturated heterocycles. The third kappa shape index (κ3) is 36.9. The Labute approximate surface area is 338 Å². The number of carboxylic acid groups (broad SMARTS) is 1. The maximum absolute atomic E-state index is 12.7. The Bertz CT molecular complexity index is 1000. The summed E-state index contributed by atoms with van der Waals surface area (Å²) in [6, 6.07) is -0.611. The molecule has 0 aliphatic carbocycles. The zero-order chi connectivity index (χ0) is 40.7. The summed E-state index contributed by atoms with van der Waals surface area (Å²) in [5, 5.41) is 9.60. The Morgan fingerprint density at radius 2 is 1.02 bits per heavy atom. The molecular formula is C47H86NO7+. The van der Waals surface area contributed by atoms with Gasteiger partial charge in [-0.25, -0.2) is 4.79 Å². The van der Waals surface area contributed by atoms with Gasteiger partial charge >= 0.3 is 17.9 Å². The van der Waals surface area contributed by atoms with E-state index in [1.165, 1.54) is 103 Å². The van der Waals surface area contributed by atoms with Crippen LogP contribution in [0.25, 0.3) is 0 Å². The Morgan fingerprint density at radius 3 is 1.51 bits per heavy atom. The summed E-state index contributed by atoms with van der Waals surface area (Å²) in [4.78, 5) is 36.8. The van der Waals surface area contributed by atoms with Crippen molar-refractivity contribution >= 4 is 17.9 Å². The van der Waals surface area contributed by atoms with Crippen molar-refractivity contribution in [3.05, 3.63) is 36.5 Å². The number of quaternary nitrogens is 1. The molecule has 0 aromatic carbocycles. The summed E-state index contributed by atoms with van der Waals surface area (Å²) in [5.41, 5.74) is 0. The zero-order valence-electron chi connectivity index (χ0n) is 36.4. The van der Waals surface area contributed by atoms with Crippen LogP contribution in [0.2, 0.25) is 0 Å².